The van der Waals surface area contributed by atoms with E-state index in [0.29, 0.717) is 6.61 Å². The molecule has 1 aliphatic rings. The van der Waals surface area contributed by atoms with Gasteiger partial charge in [-0.1, -0.05) is 76.9 Å². The molecule has 4 atom stereocenters. The lowest BCUT2D eigenvalue weighted by molar-refractivity contribution is -0.0813. The van der Waals surface area contributed by atoms with Crippen LogP contribution in [0.2, 0.25) is 0 Å². The minimum Gasteiger partial charge on any atom is -0.388 e. The summed E-state index contributed by atoms with van der Waals surface area (Å²) in [4.78, 5) is 0. The van der Waals surface area contributed by atoms with Crippen LogP contribution >= 0.6 is 0 Å². The summed E-state index contributed by atoms with van der Waals surface area (Å²) in [5.41, 5.74) is 0. The zero-order valence-corrected chi connectivity index (χ0v) is 18.6. The van der Waals surface area contributed by atoms with Gasteiger partial charge in [-0.05, 0) is 32.1 Å². The Labute approximate surface area is 178 Å². The molecule has 0 bridgehead atoms. The van der Waals surface area contributed by atoms with Gasteiger partial charge in [0.25, 0.3) is 0 Å². The van der Waals surface area contributed by atoms with E-state index in [1.54, 1.807) is 0 Å². The fourth-order valence-corrected chi connectivity index (χ4v) is 3.72. The van der Waals surface area contributed by atoms with Crippen LogP contribution in [0.5, 0.6) is 0 Å². The topological polar surface area (TPSA) is 79.2 Å². The van der Waals surface area contributed by atoms with E-state index in [1.807, 2.05) is 0 Å². The van der Waals surface area contributed by atoms with Crippen molar-refractivity contribution in [3.63, 3.8) is 0 Å². The van der Waals surface area contributed by atoms with Gasteiger partial charge in [-0.25, -0.2) is 0 Å². The molecule has 0 aliphatic carbocycles. The summed E-state index contributed by atoms with van der Waals surface area (Å²) in [6.07, 6.45) is 19.0. The Morgan fingerprint density at radius 1 is 0.862 bits per heavy atom. The molecule has 0 aromatic heterocycles. The standard InChI is InChI=1S/C24H46O5/c1-2-3-4-5-6-7-8-9-10-11-12-13-14-15-16-17-18-28-19-22(26)24-23(27)21(25)20-29-24/h6-7,21-27H,2-5,8-20H2,1H3/b7-6+/t21-,22+,23-,24-/m1/s1. The van der Waals surface area contributed by atoms with Gasteiger partial charge in [-0.3, -0.25) is 0 Å². The SMILES string of the molecule is CCCCC/C=C/CCCCCCCCCCCOC[C@H](O)[C@H]1OC[C@@H](O)[C@H]1O. The summed E-state index contributed by atoms with van der Waals surface area (Å²) in [5.74, 6) is 0. The molecule has 1 fully saturated rings. The fraction of sp³-hybridized carbons (Fsp3) is 0.917. The highest BCUT2D eigenvalue weighted by atomic mass is 16.5. The molecule has 1 rings (SSSR count). The number of hydrogen-bond donors (Lipinski definition) is 3. The summed E-state index contributed by atoms with van der Waals surface area (Å²) in [5, 5.41) is 29.0. The molecular formula is C24H46O5. The number of rotatable bonds is 19. The molecule has 1 heterocycles. The minimum atomic E-state index is -1.03. The van der Waals surface area contributed by atoms with Gasteiger partial charge in [-0.15, -0.1) is 0 Å². The maximum absolute atomic E-state index is 9.95. The van der Waals surface area contributed by atoms with Crippen molar-refractivity contribution >= 4 is 0 Å². The molecular weight excluding hydrogens is 368 g/mol. The van der Waals surface area contributed by atoms with Crippen molar-refractivity contribution in [3.05, 3.63) is 12.2 Å². The first kappa shape index (κ1) is 26.6. The molecule has 172 valence electrons. The largest absolute Gasteiger partial charge is 0.388 e. The predicted molar refractivity (Wildman–Crippen MR) is 118 cm³/mol. The van der Waals surface area contributed by atoms with Gasteiger partial charge in [0.05, 0.1) is 13.2 Å². The van der Waals surface area contributed by atoms with Crippen LogP contribution in [0.1, 0.15) is 96.8 Å². The van der Waals surface area contributed by atoms with Crippen molar-refractivity contribution in [2.24, 2.45) is 0 Å². The van der Waals surface area contributed by atoms with Gasteiger partial charge in [0.15, 0.2) is 0 Å². The van der Waals surface area contributed by atoms with E-state index in [4.69, 9.17) is 9.47 Å². The van der Waals surface area contributed by atoms with Crippen molar-refractivity contribution in [1.29, 1.82) is 0 Å². The number of allylic oxidation sites excluding steroid dienone is 2. The smallest absolute Gasteiger partial charge is 0.114 e. The van der Waals surface area contributed by atoms with Gasteiger partial charge >= 0.3 is 0 Å². The highest BCUT2D eigenvalue weighted by molar-refractivity contribution is 4.87. The maximum atomic E-state index is 9.95. The second-order valence-electron chi connectivity index (χ2n) is 8.44. The molecule has 5 heteroatoms. The van der Waals surface area contributed by atoms with Crippen molar-refractivity contribution in [1.82, 2.24) is 0 Å². The van der Waals surface area contributed by atoms with E-state index in [2.05, 4.69) is 19.1 Å². The van der Waals surface area contributed by atoms with Crippen molar-refractivity contribution < 1.29 is 24.8 Å². The number of unbranched alkanes of at least 4 members (excludes halogenated alkanes) is 12. The van der Waals surface area contributed by atoms with Gasteiger partial charge in [0.2, 0.25) is 0 Å². The molecule has 3 N–H and O–H groups in total. The summed E-state index contributed by atoms with van der Waals surface area (Å²) >= 11 is 0. The third-order valence-electron chi connectivity index (χ3n) is 5.66. The first-order valence-electron chi connectivity index (χ1n) is 12.0. The number of aliphatic hydroxyl groups is 3. The first-order chi connectivity index (χ1) is 14.2. The van der Waals surface area contributed by atoms with Crippen LogP contribution in [0.15, 0.2) is 12.2 Å². The second-order valence-corrected chi connectivity index (χ2v) is 8.44. The molecule has 0 aromatic rings. The lowest BCUT2D eigenvalue weighted by atomic mass is 10.1. The molecule has 0 aromatic carbocycles. The Morgan fingerprint density at radius 2 is 1.41 bits per heavy atom. The van der Waals surface area contributed by atoms with E-state index in [0.717, 1.165) is 12.8 Å². The third kappa shape index (κ3) is 13.5. The Morgan fingerprint density at radius 3 is 1.97 bits per heavy atom. The first-order valence-corrected chi connectivity index (χ1v) is 12.0. The van der Waals surface area contributed by atoms with Gasteiger partial charge < -0.3 is 24.8 Å². The average molecular weight is 415 g/mol. The molecule has 0 spiro atoms. The number of aliphatic hydroxyl groups excluding tert-OH is 3. The molecule has 1 saturated heterocycles. The Kier molecular flexibility index (Phi) is 16.8. The van der Waals surface area contributed by atoms with E-state index in [9.17, 15) is 15.3 Å². The van der Waals surface area contributed by atoms with Crippen LogP contribution in [0.25, 0.3) is 0 Å². The predicted octanol–water partition coefficient (Wildman–Crippen LogP) is 4.52. The third-order valence-corrected chi connectivity index (χ3v) is 5.66. The van der Waals surface area contributed by atoms with E-state index in [1.165, 1.54) is 77.0 Å². The molecule has 0 amide bonds. The number of hydrogen-bond acceptors (Lipinski definition) is 5. The lowest BCUT2D eigenvalue weighted by Crippen LogP contribution is -2.40. The summed E-state index contributed by atoms with van der Waals surface area (Å²) < 4.78 is 10.7. The Bertz CT molecular complexity index is 387. The van der Waals surface area contributed by atoms with Crippen LogP contribution in [-0.4, -0.2) is 59.6 Å². The second kappa shape index (κ2) is 18.3. The van der Waals surface area contributed by atoms with Gasteiger partial charge in [0.1, 0.15) is 24.4 Å². The molecule has 1 aliphatic heterocycles. The van der Waals surface area contributed by atoms with Crippen LogP contribution in [0.3, 0.4) is 0 Å². The quantitative estimate of drug-likeness (QED) is 0.214. The van der Waals surface area contributed by atoms with Crippen LogP contribution in [0, 0.1) is 0 Å². The number of ether oxygens (including phenoxy) is 2. The van der Waals surface area contributed by atoms with E-state index >= 15 is 0 Å². The fourth-order valence-electron chi connectivity index (χ4n) is 3.72. The molecule has 0 radical (unpaired) electrons. The van der Waals surface area contributed by atoms with E-state index < -0.39 is 24.4 Å². The Balaban J connectivity index is 1.77. The monoisotopic (exact) mass is 414 g/mol. The Hall–Kier alpha value is -0.460. The van der Waals surface area contributed by atoms with Crippen LogP contribution in [0.4, 0.5) is 0 Å². The van der Waals surface area contributed by atoms with Gasteiger partial charge in [0, 0.05) is 6.61 Å². The van der Waals surface area contributed by atoms with Crippen LogP contribution < -0.4 is 0 Å². The summed E-state index contributed by atoms with van der Waals surface area (Å²) in [6.45, 7) is 3.08. The van der Waals surface area contributed by atoms with Crippen molar-refractivity contribution in [3.8, 4) is 0 Å². The van der Waals surface area contributed by atoms with Crippen molar-refractivity contribution in [2.45, 2.75) is 121 Å². The maximum Gasteiger partial charge on any atom is 0.114 e. The van der Waals surface area contributed by atoms with Gasteiger partial charge in [-0.2, -0.15) is 0 Å². The molecule has 29 heavy (non-hydrogen) atoms. The highest BCUT2D eigenvalue weighted by Crippen LogP contribution is 2.18. The molecule has 0 saturated carbocycles. The zero-order valence-electron chi connectivity index (χ0n) is 18.6. The van der Waals surface area contributed by atoms with Crippen molar-refractivity contribution in [2.75, 3.05) is 19.8 Å². The lowest BCUT2D eigenvalue weighted by Gasteiger charge is -2.20. The molecule has 5 nitrogen and oxygen atoms in total. The van der Waals surface area contributed by atoms with Crippen LogP contribution in [-0.2, 0) is 9.47 Å². The molecule has 0 unspecified atom stereocenters. The normalized spacial score (nSPS) is 23.2. The van der Waals surface area contributed by atoms with E-state index in [-0.39, 0.29) is 13.2 Å². The zero-order chi connectivity index (χ0) is 21.2. The summed E-state index contributed by atoms with van der Waals surface area (Å²) in [6, 6.07) is 0. The average Bonchev–Trinajstić information content (AvgIpc) is 3.05. The minimum absolute atomic E-state index is 0.0685. The summed E-state index contributed by atoms with van der Waals surface area (Å²) in [7, 11) is 0. The highest BCUT2D eigenvalue weighted by Gasteiger charge is 2.39.